The number of unbranched alkanes of at least 4 members (excludes halogenated alkanes) is 13. The molecule has 0 aliphatic rings. The Morgan fingerprint density at radius 3 is 2.19 bits per heavy atom. The van der Waals surface area contributed by atoms with Crippen LogP contribution in [0.5, 0.6) is 5.75 Å². The Morgan fingerprint density at radius 1 is 0.808 bits per heavy atom. The predicted molar refractivity (Wildman–Crippen MR) is 210 cm³/mol. The second-order valence-corrected chi connectivity index (χ2v) is 15.8. The highest BCUT2D eigenvalue weighted by Gasteiger charge is 2.30. The molecule has 4 aromatic rings. The van der Waals surface area contributed by atoms with Crippen molar-refractivity contribution < 1.29 is 28.2 Å². The van der Waals surface area contributed by atoms with Crippen molar-refractivity contribution in [2.75, 3.05) is 31.9 Å². The fourth-order valence-corrected chi connectivity index (χ4v) is 7.86. The van der Waals surface area contributed by atoms with Crippen molar-refractivity contribution in [3.8, 4) is 5.75 Å². The first-order chi connectivity index (χ1) is 25.4. The van der Waals surface area contributed by atoms with Gasteiger partial charge < -0.3 is 29.4 Å². The molecule has 3 atom stereocenters. The third-order valence-corrected chi connectivity index (χ3v) is 11.0. The molecule has 2 aromatic carbocycles. The highest BCUT2D eigenvalue weighted by atomic mass is 31.2. The van der Waals surface area contributed by atoms with E-state index >= 15 is 0 Å². The quantitative estimate of drug-likeness (QED) is 0.0408. The topological polar surface area (TPSA) is 144 Å². The fraction of sp³-hybridized carbons (Fsp3) is 0.625. The van der Waals surface area contributed by atoms with E-state index in [4.69, 9.17) is 24.3 Å². The first-order valence-corrected chi connectivity index (χ1v) is 21.3. The Hall–Kier alpha value is -3.08. The molecule has 4 rings (SSSR count). The van der Waals surface area contributed by atoms with E-state index in [-0.39, 0.29) is 44.5 Å². The van der Waals surface area contributed by atoms with Crippen LogP contribution in [0.1, 0.15) is 117 Å². The number of aromatic nitrogens is 4. The van der Waals surface area contributed by atoms with E-state index in [2.05, 4.69) is 28.8 Å². The summed E-state index contributed by atoms with van der Waals surface area (Å²) in [6.45, 7) is 4.88. The lowest BCUT2D eigenvalue weighted by molar-refractivity contribution is 0.0249. The van der Waals surface area contributed by atoms with Gasteiger partial charge in [0.15, 0.2) is 17.8 Å². The zero-order chi connectivity index (χ0) is 36.9. The van der Waals surface area contributed by atoms with Gasteiger partial charge in [-0.25, -0.2) is 19.5 Å². The lowest BCUT2D eigenvalue weighted by Crippen LogP contribution is -2.23. The Bertz CT molecular complexity index is 1610. The molecule has 11 nitrogen and oxygen atoms in total. The lowest BCUT2D eigenvalue weighted by Gasteiger charge is -2.24. The van der Waals surface area contributed by atoms with Crippen molar-refractivity contribution in [1.82, 2.24) is 19.5 Å². The average molecular weight is 740 g/mol. The van der Waals surface area contributed by atoms with Gasteiger partial charge in [0.05, 0.1) is 38.3 Å². The first-order valence-electron chi connectivity index (χ1n) is 19.6. The fourth-order valence-electron chi connectivity index (χ4n) is 6.47. The summed E-state index contributed by atoms with van der Waals surface area (Å²) in [5, 5.41) is 11.6. The maximum atomic E-state index is 14.3. The van der Waals surface area contributed by atoms with E-state index < -0.39 is 13.7 Å². The molecule has 0 bridgehead atoms. The molecule has 3 unspecified atom stereocenters. The Kier molecular flexibility index (Phi) is 18.9. The van der Waals surface area contributed by atoms with E-state index in [1.165, 1.54) is 89.8 Å². The number of hydrogen-bond acceptors (Lipinski definition) is 10. The largest absolute Gasteiger partial charge is 0.422 e. The number of aliphatic hydroxyl groups is 1. The molecule has 0 spiro atoms. The maximum absolute atomic E-state index is 14.3. The number of hydrogen-bond donors (Lipinski definition) is 2. The van der Waals surface area contributed by atoms with Gasteiger partial charge >= 0.3 is 7.60 Å². The maximum Gasteiger partial charge on any atom is 0.404 e. The Balaban J connectivity index is 1.21. The number of nitrogens with zero attached hydrogens (tertiary/aromatic N) is 4. The molecule has 0 aliphatic carbocycles. The molecule has 12 heteroatoms. The van der Waals surface area contributed by atoms with Gasteiger partial charge in [0.2, 0.25) is 0 Å². The van der Waals surface area contributed by atoms with Gasteiger partial charge in [-0.05, 0) is 31.2 Å². The van der Waals surface area contributed by atoms with Gasteiger partial charge in [-0.2, -0.15) is 0 Å². The zero-order valence-corrected chi connectivity index (χ0v) is 32.4. The van der Waals surface area contributed by atoms with Gasteiger partial charge in [0.1, 0.15) is 17.6 Å². The Labute approximate surface area is 310 Å². The molecule has 288 valence electrons. The standard InChI is InChI=1S/C40H62N5O6P/c1-3-4-5-6-7-8-9-10-11-12-13-14-15-16-20-33(2)48-27-28-50-52(47,51-37-24-19-22-34-21-17-18-23-36(34)37)32-49-35(25-26-46)29-45-31-44-38-39(41)42-30-43-40(38)45/h17-19,21-24,30-31,33,35,46H,3-16,20,25-29,32H2,1-2H3,(H2,41,42,43). The number of benzene rings is 2. The summed E-state index contributed by atoms with van der Waals surface area (Å²) in [5.74, 6) is 0.726. The molecule has 0 radical (unpaired) electrons. The minimum atomic E-state index is -3.84. The van der Waals surface area contributed by atoms with Crippen LogP contribution in [0, 0.1) is 0 Å². The van der Waals surface area contributed by atoms with Crippen LogP contribution in [0.25, 0.3) is 21.9 Å². The van der Waals surface area contributed by atoms with Gasteiger partial charge in [0, 0.05) is 12.0 Å². The molecular weight excluding hydrogens is 677 g/mol. The summed E-state index contributed by atoms with van der Waals surface area (Å²) >= 11 is 0. The number of rotatable bonds is 29. The summed E-state index contributed by atoms with van der Waals surface area (Å²) < 4.78 is 40.4. The number of fused-ring (bicyclic) bond motifs is 2. The van der Waals surface area contributed by atoms with Crippen LogP contribution in [0.3, 0.4) is 0 Å². The lowest BCUT2D eigenvalue weighted by atomic mass is 10.0. The molecule has 52 heavy (non-hydrogen) atoms. The number of imidazole rings is 1. The SMILES string of the molecule is CCCCCCCCCCCCCCCCC(C)OCCOP(=O)(COC(CCO)Cn1cnc2c(N)ncnc21)Oc1cccc2ccccc12. The van der Waals surface area contributed by atoms with Crippen molar-refractivity contribution in [3.63, 3.8) is 0 Å². The predicted octanol–water partition coefficient (Wildman–Crippen LogP) is 9.85. The van der Waals surface area contributed by atoms with Crippen LogP contribution >= 0.6 is 7.60 Å². The van der Waals surface area contributed by atoms with Crippen LogP contribution < -0.4 is 10.3 Å². The third-order valence-electron chi connectivity index (χ3n) is 9.47. The summed E-state index contributed by atoms with van der Waals surface area (Å²) in [6, 6.07) is 13.4. The highest BCUT2D eigenvalue weighted by molar-refractivity contribution is 7.54. The third kappa shape index (κ3) is 14.4. The smallest absolute Gasteiger partial charge is 0.404 e. The van der Waals surface area contributed by atoms with Crippen molar-refractivity contribution in [2.24, 2.45) is 0 Å². The minimum Gasteiger partial charge on any atom is -0.422 e. The highest BCUT2D eigenvalue weighted by Crippen LogP contribution is 2.50. The summed E-state index contributed by atoms with van der Waals surface area (Å²) in [5.41, 5.74) is 6.99. The molecule has 2 aromatic heterocycles. The number of nitrogen functional groups attached to an aromatic ring is 1. The first kappa shape index (κ1) is 41.7. The van der Waals surface area contributed by atoms with E-state index in [1.807, 2.05) is 36.4 Å². The number of nitrogens with two attached hydrogens (primary N) is 1. The number of ether oxygens (including phenoxy) is 2. The van der Waals surface area contributed by atoms with Gasteiger partial charge in [0.25, 0.3) is 0 Å². The van der Waals surface area contributed by atoms with Crippen LogP contribution in [-0.2, 0) is 25.1 Å². The van der Waals surface area contributed by atoms with Crippen molar-refractivity contribution in [3.05, 3.63) is 55.1 Å². The molecule has 2 heterocycles. The van der Waals surface area contributed by atoms with Gasteiger partial charge in [-0.3, -0.25) is 4.52 Å². The van der Waals surface area contributed by atoms with Crippen LogP contribution in [0.2, 0.25) is 0 Å². The van der Waals surface area contributed by atoms with Crippen molar-refractivity contribution in [2.45, 2.75) is 135 Å². The van der Waals surface area contributed by atoms with Gasteiger partial charge in [-0.1, -0.05) is 133 Å². The van der Waals surface area contributed by atoms with Crippen molar-refractivity contribution >= 4 is 35.3 Å². The van der Waals surface area contributed by atoms with E-state index in [9.17, 15) is 9.67 Å². The minimum absolute atomic E-state index is 0.0762. The van der Waals surface area contributed by atoms with E-state index in [0.29, 0.717) is 23.5 Å². The van der Waals surface area contributed by atoms with Crippen LogP contribution in [0.4, 0.5) is 5.82 Å². The molecule has 0 amide bonds. The number of anilines is 1. The van der Waals surface area contributed by atoms with Crippen LogP contribution in [-0.4, -0.2) is 63.0 Å². The molecule has 0 aliphatic heterocycles. The monoisotopic (exact) mass is 739 g/mol. The normalized spacial score (nSPS) is 14.1. The van der Waals surface area contributed by atoms with Gasteiger partial charge in [-0.15, -0.1) is 0 Å². The van der Waals surface area contributed by atoms with Crippen LogP contribution in [0.15, 0.2) is 55.1 Å². The number of aliphatic hydroxyl groups excluding tert-OH is 1. The van der Waals surface area contributed by atoms with Crippen molar-refractivity contribution in [1.29, 1.82) is 0 Å². The molecule has 0 fully saturated rings. The summed E-state index contributed by atoms with van der Waals surface area (Å²) in [7, 11) is -3.84. The molecule has 0 saturated carbocycles. The average Bonchev–Trinajstić information content (AvgIpc) is 3.56. The summed E-state index contributed by atoms with van der Waals surface area (Å²) in [4.78, 5) is 12.6. The van der Waals surface area contributed by atoms with E-state index in [0.717, 1.165) is 23.6 Å². The second kappa shape index (κ2) is 23.6. The summed E-state index contributed by atoms with van der Waals surface area (Å²) in [6.07, 6.45) is 22.2. The molecular formula is C40H62N5O6P. The Morgan fingerprint density at radius 2 is 1.48 bits per heavy atom. The van der Waals surface area contributed by atoms with E-state index in [1.54, 1.807) is 17.0 Å². The zero-order valence-electron chi connectivity index (χ0n) is 31.5. The molecule has 3 N–H and O–H groups in total. The molecule has 0 saturated heterocycles. The second-order valence-electron chi connectivity index (χ2n) is 13.8.